The molecule has 0 radical (unpaired) electrons. The summed E-state index contributed by atoms with van der Waals surface area (Å²) in [6.07, 6.45) is 5.35. The van der Waals surface area contributed by atoms with Crippen molar-refractivity contribution < 1.29 is 0 Å². The Morgan fingerprint density at radius 1 is 1.40 bits per heavy atom. The predicted molar refractivity (Wildman–Crippen MR) is 45.1 cm³/mol. The van der Waals surface area contributed by atoms with Gasteiger partial charge in [0.15, 0.2) is 0 Å². The van der Waals surface area contributed by atoms with Gasteiger partial charge in [-0.1, -0.05) is 13.8 Å². The van der Waals surface area contributed by atoms with Crippen LogP contribution in [-0.2, 0) is 0 Å². The summed E-state index contributed by atoms with van der Waals surface area (Å²) in [5.41, 5.74) is 0.565. The minimum absolute atomic E-state index is 0.565. The molecule has 1 aliphatic carbocycles. The van der Waals surface area contributed by atoms with Crippen molar-refractivity contribution in [2.75, 3.05) is 0 Å². The molecule has 0 spiro atoms. The van der Waals surface area contributed by atoms with Crippen LogP contribution in [0.1, 0.15) is 46.5 Å². The minimum Gasteiger partial charge on any atom is -0.309 e. The van der Waals surface area contributed by atoms with Crippen LogP contribution in [0.5, 0.6) is 0 Å². The lowest BCUT2D eigenvalue weighted by Crippen LogP contribution is -2.37. The predicted octanol–water partition coefficient (Wildman–Crippen LogP) is 2.32. The van der Waals surface area contributed by atoms with Crippen LogP contribution in [0.2, 0.25) is 0 Å². The molecular formula is C9H19N. The van der Waals surface area contributed by atoms with Crippen LogP contribution >= 0.6 is 0 Å². The molecule has 1 N–H and O–H groups in total. The molecule has 60 valence electrons. The third kappa shape index (κ3) is 1.72. The summed E-state index contributed by atoms with van der Waals surface area (Å²) in [6.45, 7) is 6.79. The van der Waals surface area contributed by atoms with E-state index in [2.05, 4.69) is 26.1 Å². The highest BCUT2D eigenvalue weighted by Crippen LogP contribution is 2.38. The van der Waals surface area contributed by atoms with Crippen LogP contribution in [0.25, 0.3) is 0 Å². The van der Waals surface area contributed by atoms with E-state index in [0.29, 0.717) is 11.6 Å². The van der Waals surface area contributed by atoms with Crippen molar-refractivity contribution in [2.45, 2.75) is 58.0 Å². The van der Waals surface area contributed by atoms with E-state index in [0.717, 1.165) is 0 Å². The van der Waals surface area contributed by atoms with Gasteiger partial charge in [-0.15, -0.1) is 0 Å². The van der Waals surface area contributed by atoms with Crippen molar-refractivity contribution in [3.05, 3.63) is 0 Å². The largest absolute Gasteiger partial charge is 0.309 e. The average molecular weight is 141 g/mol. The van der Waals surface area contributed by atoms with Crippen LogP contribution < -0.4 is 5.32 Å². The summed E-state index contributed by atoms with van der Waals surface area (Å²) in [7, 11) is 0. The van der Waals surface area contributed by atoms with Gasteiger partial charge in [-0.25, -0.2) is 0 Å². The van der Waals surface area contributed by atoms with Crippen LogP contribution in [0.3, 0.4) is 0 Å². The summed E-state index contributed by atoms with van der Waals surface area (Å²) in [6, 6.07) is 0.711. The number of nitrogens with one attached hydrogen (secondary N) is 1. The smallest absolute Gasteiger partial charge is 0.0182 e. The van der Waals surface area contributed by atoms with Crippen molar-refractivity contribution >= 4 is 0 Å². The lowest BCUT2D eigenvalue weighted by Gasteiger charge is -2.19. The minimum atomic E-state index is 0.565. The van der Waals surface area contributed by atoms with Gasteiger partial charge in [-0.05, 0) is 32.6 Å². The molecule has 1 rings (SSSR count). The zero-order valence-electron chi connectivity index (χ0n) is 7.41. The first-order valence-corrected chi connectivity index (χ1v) is 4.50. The molecule has 0 heterocycles. The van der Waals surface area contributed by atoms with E-state index < -0.39 is 0 Å². The molecular weight excluding hydrogens is 122 g/mol. The molecule has 0 aromatic carbocycles. The fourth-order valence-electron chi connectivity index (χ4n) is 1.38. The van der Waals surface area contributed by atoms with Gasteiger partial charge < -0.3 is 5.32 Å². The van der Waals surface area contributed by atoms with E-state index in [1.807, 2.05) is 0 Å². The fraction of sp³-hybridized carbons (Fsp3) is 1.00. The van der Waals surface area contributed by atoms with Crippen molar-refractivity contribution in [3.63, 3.8) is 0 Å². The monoisotopic (exact) mass is 141 g/mol. The van der Waals surface area contributed by atoms with Gasteiger partial charge in [-0.3, -0.25) is 0 Å². The Hall–Kier alpha value is -0.0400. The second-order valence-electron chi connectivity index (χ2n) is 3.59. The van der Waals surface area contributed by atoms with Gasteiger partial charge in [0.25, 0.3) is 0 Å². The maximum Gasteiger partial charge on any atom is 0.0182 e. The standard InChI is InChI=1S/C9H19N/c1-4-8(3)10-9(5-2)6-7-9/h8,10H,4-7H2,1-3H3. The first kappa shape index (κ1) is 8.06. The van der Waals surface area contributed by atoms with E-state index in [-0.39, 0.29) is 0 Å². The quantitative estimate of drug-likeness (QED) is 0.633. The molecule has 1 atom stereocenters. The van der Waals surface area contributed by atoms with Crippen LogP contribution in [-0.4, -0.2) is 11.6 Å². The Balaban J connectivity index is 2.23. The van der Waals surface area contributed by atoms with Gasteiger partial charge in [-0.2, -0.15) is 0 Å². The maximum absolute atomic E-state index is 3.67. The SMILES string of the molecule is CCC(C)NC1(CC)CC1. The zero-order chi connectivity index (χ0) is 7.61. The molecule has 0 amide bonds. The van der Waals surface area contributed by atoms with E-state index in [1.165, 1.54) is 25.7 Å². The molecule has 0 bridgehead atoms. The van der Waals surface area contributed by atoms with Gasteiger partial charge >= 0.3 is 0 Å². The molecule has 10 heavy (non-hydrogen) atoms. The molecule has 1 nitrogen and oxygen atoms in total. The highest BCUT2D eigenvalue weighted by Gasteiger charge is 2.40. The second-order valence-corrected chi connectivity index (χ2v) is 3.59. The van der Waals surface area contributed by atoms with Gasteiger partial charge in [0.05, 0.1) is 0 Å². The Morgan fingerprint density at radius 2 is 2.00 bits per heavy atom. The first-order valence-electron chi connectivity index (χ1n) is 4.50. The van der Waals surface area contributed by atoms with E-state index in [9.17, 15) is 0 Å². The number of rotatable bonds is 4. The topological polar surface area (TPSA) is 12.0 Å². The molecule has 0 aromatic rings. The lowest BCUT2D eigenvalue weighted by molar-refractivity contribution is 0.411. The normalized spacial score (nSPS) is 24.3. The fourth-order valence-corrected chi connectivity index (χ4v) is 1.38. The van der Waals surface area contributed by atoms with Crippen molar-refractivity contribution in [1.29, 1.82) is 0 Å². The zero-order valence-corrected chi connectivity index (χ0v) is 7.41. The van der Waals surface area contributed by atoms with Crippen LogP contribution in [0, 0.1) is 0 Å². The highest BCUT2D eigenvalue weighted by molar-refractivity contribution is 5.01. The molecule has 1 saturated carbocycles. The Morgan fingerprint density at radius 3 is 2.30 bits per heavy atom. The highest BCUT2D eigenvalue weighted by atomic mass is 15.0. The maximum atomic E-state index is 3.67. The van der Waals surface area contributed by atoms with E-state index in [4.69, 9.17) is 0 Å². The van der Waals surface area contributed by atoms with Crippen molar-refractivity contribution in [1.82, 2.24) is 5.32 Å². The first-order chi connectivity index (χ1) is 4.72. The summed E-state index contributed by atoms with van der Waals surface area (Å²) < 4.78 is 0. The second kappa shape index (κ2) is 2.91. The van der Waals surface area contributed by atoms with Gasteiger partial charge in [0.2, 0.25) is 0 Å². The molecule has 1 heteroatoms. The average Bonchev–Trinajstić information content (AvgIpc) is 2.70. The molecule has 0 aliphatic heterocycles. The van der Waals surface area contributed by atoms with E-state index in [1.54, 1.807) is 0 Å². The summed E-state index contributed by atoms with van der Waals surface area (Å²) >= 11 is 0. The third-order valence-electron chi connectivity index (χ3n) is 2.70. The third-order valence-corrected chi connectivity index (χ3v) is 2.70. The summed E-state index contributed by atoms with van der Waals surface area (Å²) in [5.74, 6) is 0. The molecule has 1 aliphatic rings. The Kier molecular flexibility index (Phi) is 2.35. The van der Waals surface area contributed by atoms with Gasteiger partial charge in [0, 0.05) is 11.6 Å². The van der Waals surface area contributed by atoms with Crippen LogP contribution in [0.4, 0.5) is 0 Å². The number of hydrogen-bond acceptors (Lipinski definition) is 1. The van der Waals surface area contributed by atoms with Crippen molar-refractivity contribution in [3.8, 4) is 0 Å². The van der Waals surface area contributed by atoms with E-state index >= 15 is 0 Å². The molecule has 0 saturated heterocycles. The van der Waals surface area contributed by atoms with Gasteiger partial charge in [0.1, 0.15) is 0 Å². The summed E-state index contributed by atoms with van der Waals surface area (Å²) in [4.78, 5) is 0. The lowest BCUT2D eigenvalue weighted by atomic mass is 10.1. The van der Waals surface area contributed by atoms with Crippen molar-refractivity contribution in [2.24, 2.45) is 0 Å². The molecule has 1 unspecified atom stereocenters. The Labute approximate surface area is 64.2 Å². The number of hydrogen-bond donors (Lipinski definition) is 1. The summed E-state index contributed by atoms with van der Waals surface area (Å²) in [5, 5.41) is 3.67. The molecule has 0 aromatic heterocycles. The van der Waals surface area contributed by atoms with Crippen LogP contribution in [0.15, 0.2) is 0 Å². The Bertz CT molecular complexity index is 105. The molecule has 1 fully saturated rings.